The summed E-state index contributed by atoms with van der Waals surface area (Å²) in [6.07, 6.45) is 0.416. The third-order valence-corrected chi connectivity index (χ3v) is 5.59. The Labute approximate surface area is 139 Å². The molecular formula is C15H17N3O5S. The minimum atomic E-state index is -3.65. The summed E-state index contributed by atoms with van der Waals surface area (Å²) in [6, 6.07) is 5.61. The number of fused-ring (bicyclic) bond motifs is 1. The van der Waals surface area contributed by atoms with Gasteiger partial charge >= 0.3 is 5.97 Å². The number of carboxylic acids is 1. The van der Waals surface area contributed by atoms with Gasteiger partial charge in [0, 0.05) is 18.7 Å². The Hall–Kier alpha value is -2.42. The summed E-state index contributed by atoms with van der Waals surface area (Å²) in [5.41, 5.74) is 0.432. The van der Waals surface area contributed by atoms with Gasteiger partial charge in [-0.1, -0.05) is 12.1 Å². The van der Waals surface area contributed by atoms with Gasteiger partial charge in [0.05, 0.1) is 10.8 Å². The highest BCUT2D eigenvalue weighted by atomic mass is 32.2. The Kier molecular flexibility index (Phi) is 4.04. The zero-order chi connectivity index (χ0) is 17.5. The molecule has 128 valence electrons. The summed E-state index contributed by atoms with van der Waals surface area (Å²) < 4.78 is 26.4. The lowest BCUT2D eigenvalue weighted by Gasteiger charge is -2.18. The second kappa shape index (κ2) is 5.90. The fraction of sp³-hybridized carbons (Fsp3) is 0.400. The van der Waals surface area contributed by atoms with Crippen LogP contribution in [0.25, 0.3) is 0 Å². The number of carboxylic acid groups (broad SMARTS) is 1. The van der Waals surface area contributed by atoms with Crippen molar-refractivity contribution in [2.24, 2.45) is 10.9 Å². The first kappa shape index (κ1) is 16.4. The van der Waals surface area contributed by atoms with Crippen molar-refractivity contribution in [3.8, 4) is 0 Å². The maximum absolute atomic E-state index is 12.4. The number of hydrogen-bond donors (Lipinski definition) is 2. The van der Waals surface area contributed by atoms with Gasteiger partial charge in [-0.15, -0.1) is 0 Å². The third kappa shape index (κ3) is 2.86. The molecule has 2 heterocycles. The fourth-order valence-corrected chi connectivity index (χ4v) is 4.14. The van der Waals surface area contributed by atoms with E-state index in [0.29, 0.717) is 18.5 Å². The molecule has 0 bridgehead atoms. The van der Waals surface area contributed by atoms with Crippen molar-refractivity contribution in [2.45, 2.75) is 24.3 Å². The quantitative estimate of drug-likeness (QED) is 0.798. The van der Waals surface area contributed by atoms with E-state index in [2.05, 4.69) is 9.71 Å². The van der Waals surface area contributed by atoms with Crippen LogP contribution in [0, 0.1) is 5.92 Å². The van der Waals surface area contributed by atoms with Gasteiger partial charge in [-0.3, -0.25) is 19.3 Å². The van der Waals surface area contributed by atoms with Crippen LogP contribution in [0.3, 0.4) is 0 Å². The Bertz CT molecular complexity index is 833. The Morgan fingerprint density at radius 2 is 2.08 bits per heavy atom. The minimum absolute atomic E-state index is 0.135. The van der Waals surface area contributed by atoms with E-state index in [9.17, 15) is 18.0 Å². The second-order valence-corrected chi connectivity index (χ2v) is 7.51. The van der Waals surface area contributed by atoms with Crippen molar-refractivity contribution in [3.63, 3.8) is 0 Å². The molecule has 1 fully saturated rings. The van der Waals surface area contributed by atoms with E-state index in [1.54, 1.807) is 25.1 Å². The Morgan fingerprint density at radius 1 is 1.38 bits per heavy atom. The average Bonchev–Trinajstić information content (AvgIpc) is 3.11. The molecule has 0 saturated carbocycles. The molecular weight excluding hydrogens is 334 g/mol. The number of amidine groups is 1. The Balaban J connectivity index is 1.80. The lowest BCUT2D eigenvalue weighted by atomic mass is 10.1. The van der Waals surface area contributed by atoms with Crippen molar-refractivity contribution < 1.29 is 23.1 Å². The van der Waals surface area contributed by atoms with Crippen LogP contribution in [0.5, 0.6) is 0 Å². The predicted octanol–water partition coefficient (Wildman–Crippen LogP) is 0.0467. The summed E-state index contributed by atoms with van der Waals surface area (Å²) in [7, 11) is -3.65. The lowest BCUT2D eigenvalue weighted by Crippen LogP contribution is -2.37. The van der Waals surface area contributed by atoms with Crippen molar-refractivity contribution in [3.05, 3.63) is 29.8 Å². The van der Waals surface area contributed by atoms with Gasteiger partial charge < -0.3 is 10.0 Å². The molecule has 2 aliphatic heterocycles. The first-order valence-electron chi connectivity index (χ1n) is 7.51. The zero-order valence-corrected chi connectivity index (χ0v) is 13.8. The van der Waals surface area contributed by atoms with Crippen molar-refractivity contribution in [2.75, 3.05) is 13.1 Å². The van der Waals surface area contributed by atoms with Gasteiger partial charge in [0.2, 0.25) is 5.91 Å². The fourth-order valence-electron chi connectivity index (χ4n) is 2.90. The molecule has 1 amide bonds. The number of aliphatic imine (C=N–C) groups is 1. The zero-order valence-electron chi connectivity index (χ0n) is 13.0. The number of benzene rings is 1. The van der Waals surface area contributed by atoms with Crippen LogP contribution < -0.4 is 4.72 Å². The number of amides is 1. The molecule has 0 aliphatic carbocycles. The van der Waals surface area contributed by atoms with Gasteiger partial charge in [-0.25, -0.2) is 8.42 Å². The highest BCUT2D eigenvalue weighted by molar-refractivity contribution is 7.90. The number of aliphatic carboxylic acids is 1. The van der Waals surface area contributed by atoms with Crippen LogP contribution in [-0.4, -0.2) is 55.3 Å². The molecule has 1 aromatic rings. The summed E-state index contributed by atoms with van der Waals surface area (Å²) >= 11 is 0. The summed E-state index contributed by atoms with van der Waals surface area (Å²) in [6.45, 7) is 2.09. The topological polar surface area (TPSA) is 116 Å². The number of nitrogens with zero attached hydrogens (tertiary/aromatic N) is 2. The van der Waals surface area contributed by atoms with Gasteiger partial charge in [-0.05, 0) is 25.5 Å². The molecule has 9 heteroatoms. The first-order valence-corrected chi connectivity index (χ1v) is 8.99. The molecule has 1 saturated heterocycles. The van der Waals surface area contributed by atoms with E-state index < -0.39 is 28.0 Å². The normalized spacial score (nSPS) is 24.5. The molecule has 2 atom stereocenters. The van der Waals surface area contributed by atoms with Crippen LogP contribution in [0.1, 0.15) is 18.9 Å². The van der Waals surface area contributed by atoms with E-state index in [4.69, 9.17) is 5.11 Å². The second-order valence-electron chi connectivity index (χ2n) is 5.86. The smallest absolute Gasteiger partial charge is 0.308 e. The van der Waals surface area contributed by atoms with E-state index >= 15 is 0 Å². The molecule has 24 heavy (non-hydrogen) atoms. The maximum Gasteiger partial charge on any atom is 0.308 e. The van der Waals surface area contributed by atoms with Gasteiger partial charge in [0.15, 0.2) is 0 Å². The van der Waals surface area contributed by atoms with Gasteiger partial charge in [0.1, 0.15) is 11.9 Å². The number of nitrogens with one attached hydrogen (secondary N) is 1. The van der Waals surface area contributed by atoms with Gasteiger partial charge in [0.25, 0.3) is 10.0 Å². The molecule has 1 aromatic carbocycles. The summed E-state index contributed by atoms with van der Waals surface area (Å²) in [5.74, 6) is -1.64. The van der Waals surface area contributed by atoms with Crippen molar-refractivity contribution in [1.29, 1.82) is 0 Å². The van der Waals surface area contributed by atoms with Crippen LogP contribution >= 0.6 is 0 Å². The molecule has 0 spiro atoms. The van der Waals surface area contributed by atoms with E-state index in [0.717, 1.165) is 0 Å². The number of carbonyl (C=O) groups excluding carboxylic acids is 1. The van der Waals surface area contributed by atoms with Crippen LogP contribution in [-0.2, 0) is 19.6 Å². The van der Waals surface area contributed by atoms with Crippen molar-refractivity contribution >= 4 is 27.7 Å². The number of sulfonamides is 1. The molecule has 2 aliphatic rings. The SMILES string of the molecule is CC(N=C1NS(=O)(=O)c2ccccc21)C(=O)N1CCC(C(=O)O)C1. The number of likely N-dealkylation sites (tertiary alicyclic amines) is 1. The number of hydrogen-bond acceptors (Lipinski definition) is 5. The summed E-state index contributed by atoms with van der Waals surface area (Å²) in [5, 5.41) is 9.01. The van der Waals surface area contributed by atoms with Crippen LogP contribution in [0.15, 0.2) is 34.2 Å². The third-order valence-electron chi connectivity index (χ3n) is 4.19. The van der Waals surface area contributed by atoms with Crippen LogP contribution in [0.4, 0.5) is 0 Å². The Morgan fingerprint density at radius 3 is 2.75 bits per heavy atom. The molecule has 0 aromatic heterocycles. The minimum Gasteiger partial charge on any atom is -0.481 e. The first-order chi connectivity index (χ1) is 11.3. The van der Waals surface area contributed by atoms with E-state index in [1.807, 2.05) is 0 Å². The predicted molar refractivity (Wildman–Crippen MR) is 85.1 cm³/mol. The molecule has 3 rings (SSSR count). The van der Waals surface area contributed by atoms with E-state index in [1.165, 1.54) is 11.0 Å². The average molecular weight is 351 g/mol. The number of rotatable bonds is 3. The largest absolute Gasteiger partial charge is 0.481 e. The molecule has 8 nitrogen and oxygen atoms in total. The lowest BCUT2D eigenvalue weighted by molar-refractivity contribution is -0.141. The highest BCUT2D eigenvalue weighted by Crippen LogP contribution is 2.23. The maximum atomic E-state index is 12.4. The molecule has 2 N–H and O–H groups in total. The van der Waals surface area contributed by atoms with E-state index in [-0.39, 0.29) is 23.2 Å². The number of carbonyl (C=O) groups is 2. The summed E-state index contributed by atoms with van der Waals surface area (Å²) in [4.78, 5) is 29.2. The van der Waals surface area contributed by atoms with Crippen LogP contribution in [0.2, 0.25) is 0 Å². The standard InChI is InChI=1S/C15H17N3O5S/c1-9(14(19)18-7-6-10(8-18)15(20)21)16-13-11-4-2-3-5-12(11)24(22,23)17-13/h2-5,9-10H,6-8H2,1H3,(H,16,17)(H,20,21). The monoisotopic (exact) mass is 351 g/mol. The van der Waals surface area contributed by atoms with Gasteiger partial charge in [-0.2, -0.15) is 0 Å². The highest BCUT2D eigenvalue weighted by Gasteiger charge is 2.34. The van der Waals surface area contributed by atoms with Crippen molar-refractivity contribution in [1.82, 2.24) is 9.62 Å². The molecule has 0 radical (unpaired) electrons. The molecule has 2 unspecified atom stereocenters.